The van der Waals surface area contributed by atoms with Crippen LogP contribution >= 0.6 is 0 Å². The third kappa shape index (κ3) is 2.29. The number of piperazine rings is 1. The van der Waals surface area contributed by atoms with E-state index in [1.165, 1.54) is 6.07 Å². The number of hydrogen-bond acceptors (Lipinski definition) is 2. The highest BCUT2D eigenvalue weighted by molar-refractivity contribution is 5.48. The summed E-state index contributed by atoms with van der Waals surface area (Å²) in [5, 5.41) is 3.36. The zero-order valence-corrected chi connectivity index (χ0v) is 9.04. The lowest BCUT2D eigenvalue weighted by Gasteiger charge is -2.37. The summed E-state index contributed by atoms with van der Waals surface area (Å²) in [6, 6.07) is 7.36. The normalized spacial score (nSPS) is 21.7. The Morgan fingerprint density at radius 2 is 2.40 bits per heavy atom. The molecule has 1 N–H and O–H groups in total. The zero-order chi connectivity index (χ0) is 10.7. The van der Waals surface area contributed by atoms with Gasteiger partial charge < -0.3 is 10.2 Å². The van der Waals surface area contributed by atoms with Crippen LogP contribution in [-0.4, -0.2) is 25.7 Å². The molecule has 0 saturated carbocycles. The maximum absolute atomic E-state index is 13.1. The molecule has 0 amide bonds. The van der Waals surface area contributed by atoms with Crippen LogP contribution in [0.2, 0.25) is 0 Å². The molecule has 0 aliphatic carbocycles. The molecule has 1 aromatic carbocycles. The van der Waals surface area contributed by atoms with Gasteiger partial charge in [-0.2, -0.15) is 0 Å². The minimum absolute atomic E-state index is 0.152. The molecule has 1 atom stereocenters. The van der Waals surface area contributed by atoms with E-state index in [1.807, 2.05) is 6.07 Å². The fourth-order valence-corrected chi connectivity index (χ4v) is 2.12. The lowest BCUT2D eigenvalue weighted by molar-refractivity contribution is 0.465. The number of halogens is 1. The van der Waals surface area contributed by atoms with E-state index >= 15 is 0 Å². The molecule has 15 heavy (non-hydrogen) atoms. The Labute approximate surface area is 90.1 Å². The van der Waals surface area contributed by atoms with Crippen LogP contribution in [0.25, 0.3) is 0 Å². The fraction of sp³-hybridized carbons (Fsp3) is 0.500. The van der Waals surface area contributed by atoms with Gasteiger partial charge in [0.25, 0.3) is 0 Å². The molecular formula is C12H17FN2. The van der Waals surface area contributed by atoms with Crippen molar-refractivity contribution in [1.29, 1.82) is 0 Å². The van der Waals surface area contributed by atoms with E-state index in [0.717, 1.165) is 31.7 Å². The van der Waals surface area contributed by atoms with E-state index in [4.69, 9.17) is 0 Å². The number of hydrogen-bond donors (Lipinski definition) is 1. The Balaban J connectivity index is 2.20. The van der Waals surface area contributed by atoms with Crippen molar-refractivity contribution in [3.05, 3.63) is 30.1 Å². The molecule has 1 aromatic rings. The molecule has 1 heterocycles. The SMILES string of the molecule is CC[C@@H]1CNCCN1c1cccc(F)c1. The van der Waals surface area contributed by atoms with Gasteiger partial charge in [0.1, 0.15) is 5.82 Å². The molecule has 0 aromatic heterocycles. The Morgan fingerprint density at radius 1 is 1.53 bits per heavy atom. The maximum Gasteiger partial charge on any atom is 0.125 e. The van der Waals surface area contributed by atoms with Gasteiger partial charge in [0.2, 0.25) is 0 Å². The van der Waals surface area contributed by atoms with Crippen LogP contribution in [0, 0.1) is 5.82 Å². The quantitative estimate of drug-likeness (QED) is 0.800. The van der Waals surface area contributed by atoms with Gasteiger partial charge in [0, 0.05) is 31.4 Å². The van der Waals surface area contributed by atoms with Crippen LogP contribution in [0.15, 0.2) is 24.3 Å². The number of anilines is 1. The van der Waals surface area contributed by atoms with Gasteiger partial charge in [-0.3, -0.25) is 0 Å². The second-order valence-electron chi connectivity index (χ2n) is 3.94. The standard InChI is InChI=1S/C12H17FN2/c1-2-11-9-14-6-7-15(11)12-5-3-4-10(13)8-12/h3-5,8,11,14H,2,6-7,9H2,1H3/t11-/m1/s1. The third-order valence-corrected chi connectivity index (χ3v) is 2.96. The molecule has 2 nitrogen and oxygen atoms in total. The first-order valence-corrected chi connectivity index (χ1v) is 5.54. The molecule has 0 unspecified atom stereocenters. The van der Waals surface area contributed by atoms with Gasteiger partial charge in [-0.1, -0.05) is 13.0 Å². The van der Waals surface area contributed by atoms with E-state index in [1.54, 1.807) is 12.1 Å². The first-order valence-electron chi connectivity index (χ1n) is 5.54. The average molecular weight is 208 g/mol. The van der Waals surface area contributed by atoms with Crippen molar-refractivity contribution in [2.24, 2.45) is 0 Å². The Bertz CT molecular complexity index is 327. The van der Waals surface area contributed by atoms with Crippen molar-refractivity contribution in [2.45, 2.75) is 19.4 Å². The molecule has 0 bridgehead atoms. The molecule has 0 radical (unpaired) electrons. The summed E-state index contributed by atoms with van der Waals surface area (Å²) in [6.45, 7) is 5.10. The van der Waals surface area contributed by atoms with E-state index in [9.17, 15) is 4.39 Å². The lowest BCUT2D eigenvalue weighted by Crippen LogP contribution is -2.51. The van der Waals surface area contributed by atoms with Crippen molar-refractivity contribution in [3.8, 4) is 0 Å². The van der Waals surface area contributed by atoms with Crippen molar-refractivity contribution < 1.29 is 4.39 Å². The van der Waals surface area contributed by atoms with E-state index < -0.39 is 0 Å². The summed E-state index contributed by atoms with van der Waals surface area (Å²) < 4.78 is 13.1. The highest BCUT2D eigenvalue weighted by Crippen LogP contribution is 2.20. The lowest BCUT2D eigenvalue weighted by atomic mass is 10.1. The van der Waals surface area contributed by atoms with Crippen molar-refractivity contribution >= 4 is 5.69 Å². The maximum atomic E-state index is 13.1. The Morgan fingerprint density at radius 3 is 3.13 bits per heavy atom. The van der Waals surface area contributed by atoms with E-state index in [-0.39, 0.29) is 5.82 Å². The topological polar surface area (TPSA) is 15.3 Å². The van der Waals surface area contributed by atoms with E-state index in [2.05, 4.69) is 17.1 Å². The molecule has 0 spiro atoms. The second-order valence-corrected chi connectivity index (χ2v) is 3.94. The highest BCUT2D eigenvalue weighted by atomic mass is 19.1. The van der Waals surface area contributed by atoms with Gasteiger partial charge in [-0.15, -0.1) is 0 Å². The molecule has 1 aliphatic rings. The molecular weight excluding hydrogens is 191 g/mol. The summed E-state index contributed by atoms with van der Waals surface area (Å²) >= 11 is 0. The summed E-state index contributed by atoms with van der Waals surface area (Å²) in [7, 11) is 0. The first-order chi connectivity index (χ1) is 7.31. The average Bonchev–Trinajstić information content (AvgIpc) is 2.29. The number of benzene rings is 1. The van der Waals surface area contributed by atoms with Crippen molar-refractivity contribution in [3.63, 3.8) is 0 Å². The molecule has 1 aliphatic heterocycles. The smallest absolute Gasteiger partial charge is 0.125 e. The van der Waals surface area contributed by atoms with Gasteiger partial charge >= 0.3 is 0 Å². The summed E-state index contributed by atoms with van der Waals surface area (Å²) in [5.41, 5.74) is 1.00. The van der Waals surface area contributed by atoms with E-state index in [0.29, 0.717) is 6.04 Å². The fourth-order valence-electron chi connectivity index (χ4n) is 2.12. The van der Waals surface area contributed by atoms with Gasteiger partial charge in [-0.25, -0.2) is 4.39 Å². The van der Waals surface area contributed by atoms with Gasteiger partial charge in [0.15, 0.2) is 0 Å². The Hall–Kier alpha value is -1.09. The third-order valence-electron chi connectivity index (χ3n) is 2.96. The minimum Gasteiger partial charge on any atom is -0.366 e. The van der Waals surface area contributed by atoms with Crippen LogP contribution in [0.4, 0.5) is 10.1 Å². The number of rotatable bonds is 2. The van der Waals surface area contributed by atoms with Crippen LogP contribution in [0.5, 0.6) is 0 Å². The monoisotopic (exact) mass is 208 g/mol. The van der Waals surface area contributed by atoms with Crippen LogP contribution in [-0.2, 0) is 0 Å². The molecule has 1 fully saturated rings. The van der Waals surface area contributed by atoms with Gasteiger partial charge in [-0.05, 0) is 24.6 Å². The molecule has 1 saturated heterocycles. The molecule has 82 valence electrons. The number of nitrogens with zero attached hydrogens (tertiary/aromatic N) is 1. The predicted octanol–water partition coefficient (Wildman–Crippen LogP) is 2.01. The summed E-state index contributed by atoms with van der Waals surface area (Å²) in [5.74, 6) is -0.152. The molecule has 2 rings (SSSR count). The second kappa shape index (κ2) is 4.62. The first kappa shape index (κ1) is 10.4. The Kier molecular flexibility index (Phi) is 3.21. The van der Waals surface area contributed by atoms with Crippen molar-refractivity contribution in [2.75, 3.05) is 24.5 Å². The zero-order valence-electron chi connectivity index (χ0n) is 9.04. The molecule has 3 heteroatoms. The van der Waals surface area contributed by atoms with Crippen LogP contribution < -0.4 is 10.2 Å². The predicted molar refractivity (Wildman–Crippen MR) is 60.7 cm³/mol. The minimum atomic E-state index is -0.152. The highest BCUT2D eigenvalue weighted by Gasteiger charge is 2.20. The van der Waals surface area contributed by atoms with Gasteiger partial charge in [0.05, 0.1) is 0 Å². The summed E-state index contributed by atoms with van der Waals surface area (Å²) in [6.07, 6.45) is 1.09. The largest absolute Gasteiger partial charge is 0.366 e. The van der Waals surface area contributed by atoms with Crippen LogP contribution in [0.1, 0.15) is 13.3 Å². The summed E-state index contributed by atoms with van der Waals surface area (Å²) in [4.78, 5) is 2.29. The number of nitrogens with one attached hydrogen (secondary N) is 1. The van der Waals surface area contributed by atoms with Crippen LogP contribution in [0.3, 0.4) is 0 Å². The van der Waals surface area contributed by atoms with Crippen molar-refractivity contribution in [1.82, 2.24) is 5.32 Å².